The molecule has 0 heterocycles. The molecule has 3 nitrogen and oxygen atoms in total. The fourth-order valence-electron chi connectivity index (χ4n) is 1.78. The Hall–Kier alpha value is -1.51. The molecule has 0 aromatic heterocycles. The molecule has 0 saturated carbocycles. The van der Waals surface area contributed by atoms with Crippen LogP contribution >= 0.6 is 0 Å². The molecule has 0 aliphatic rings. The Balaban J connectivity index is 2.88. The van der Waals surface area contributed by atoms with Crippen LogP contribution in [-0.4, -0.2) is 18.2 Å². The van der Waals surface area contributed by atoms with Gasteiger partial charge in [-0.15, -0.1) is 0 Å². The Labute approximate surface area is 96.1 Å². The van der Waals surface area contributed by atoms with E-state index < -0.39 is 5.97 Å². The molecule has 0 bridgehead atoms. The van der Waals surface area contributed by atoms with Gasteiger partial charge in [-0.25, -0.2) is 0 Å². The molecule has 0 radical (unpaired) electrons. The summed E-state index contributed by atoms with van der Waals surface area (Å²) in [6.07, 6.45) is 0.171. The number of methoxy groups -OCH3 is 1. The zero-order chi connectivity index (χ0) is 12.1. The molecule has 0 fully saturated rings. The fourth-order valence-corrected chi connectivity index (χ4v) is 1.78. The average molecular weight is 222 g/mol. The molecule has 0 spiro atoms. The summed E-state index contributed by atoms with van der Waals surface area (Å²) < 4.78 is 5.07. The van der Waals surface area contributed by atoms with Crippen LogP contribution in [0.1, 0.15) is 31.7 Å². The van der Waals surface area contributed by atoms with E-state index in [1.165, 1.54) is 0 Å². The molecule has 1 aromatic rings. The van der Waals surface area contributed by atoms with Crippen molar-refractivity contribution in [3.8, 4) is 5.75 Å². The molecule has 1 aromatic carbocycles. The highest BCUT2D eigenvalue weighted by atomic mass is 16.5. The van der Waals surface area contributed by atoms with E-state index in [2.05, 4.69) is 0 Å². The normalized spacial score (nSPS) is 12.5. The Bertz CT molecular complexity index is 341. The maximum atomic E-state index is 10.8. The summed E-state index contributed by atoms with van der Waals surface area (Å²) in [6, 6.07) is 7.61. The van der Waals surface area contributed by atoms with Gasteiger partial charge < -0.3 is 9.84 Å². The first-order valence-corrected chi connectivity index (χ1v) is 5.40. The minimum absolute atomic E-state index is 0.0587. The Morgan fingerprint density at radius 2 is 1.88 bits per heavy atom. The molecule has 0 amide bonds. The molecule has 0 aliphatic carbocycles. The van der Waals surface area contributed by atoms with Gasteiger partial charge in [-0.3, -0.25) is 4.79 Å². The van der Waals surface area contributed by atoms with Gasteiger partial charge in [0.15, 0.2) is 0 Å². The van der Waals surface area contributed by atoms with Gasteiger partial charge in [-0.1, -0.05) is 26.0 Å². The summed E-state index contributed by atoms with van der Waals surface area (Å²) in [7, 11) is 1.62. The number of carboxylic acids is 1. The third-order valence-electron chi connectivity index (χ3n) is 2.74. The molecular weight excluding hydrogens is 204 g/mol. The number of rotatable bonds is 5. The first-order chi connectivity index (χ1) is 7.54. The van der Waals surface area contributed by atoms with Crippen molar-refractivity contribution >= 4 is 5.97 Å². The van der Waals surface area contributed by atoms with Crippen LogP contribution in [0.2, 0.25) is 0 Å². The Kier molecular flexibility index (Phi) is 4.35. The van der Waals surface area contributed by atoms with E-state index in [-0.39, 0.29) is 12.3 Å². The van der Waals surface area contributed by atoms with Crippen LogP contribution in [0.3, 0.4) is 0 Å². The summed E-state index contributed by atoms with van der Waals surface area (Å²) in [4.78, 5) is 10.8. The van der Waals surface area contributed by atoms with E-state index in [1.54, 1.807) is 7.11 Å². The number of hydrogen-bond acceptors (Lipinski definition) is 2. The maximum absolute atomic E-state index is 10.8. The molecule has 1 atom stereocenters. The van der Waals surface area contributed by atoms with Crippen molar-refractivity contribution in [2.45, 2.75) is 26.2 Å². The molecule has 0 unspecified atom stereocenters. The van der Waals surface area contributed by atoms with Crippen molar-refractivity contribution < 1.29 is 14.6 Å². The van der Waals surface area contributed by atoms with Gasteiger partial charge in [0, 0.05) is 0 Å². The van der Waals surface area contributed by atoms with Crippen molar-refractivity contribution in [3.05, 3.63) is 29.8 Å². The lowest BCUT2D eigenvalue weighted by molar-refractivity contribution is -0.137. The predicted octanol–water partition coefficient (Wildman–Crippen LogP) is 2.91. The highest BCUT2D eigenvalue weighted by molar-refractivity contribution is 5.68. The smallest absolute Gasteiger partial charge is 0.303 e. The van der Waals surface area contributed by atoms with Crippen molar-refractivity contribution in [3.63, 3.8) is 0 Å². The van der Waals surface area contributed by atoms with Crippen LogP contribution in [0.4, 0.5) is 0 Å². The summed E-state index contributed by atoms with van der Waals surface area (Å²) in [6.45, 7) is 4.08. The number of ether oxygens (including phenoxy) is 1. The number of carbonyl (C=O) groups is 1. The minimum Gasteiger partial charge on any atom is -0.497 e. The fraction of sp³-hybridized carbons (Fsp3) is 0.462. The standard InChI is InChI=1S/C13H18O3/c1-9(2)12(8-13(14)15)10-4-6-11(16-3)7-5-10/h4-7,9,12H,8H2,1-3H3,(H,14,15)/t12-/m1/s1. The molecular formula is C13H18O3. The second-order valence-electron chi connectivity index (χ2n) is 4.22. The lowest BCUT2D eigenvalue weighted by atomic mass is 9.86. The number of aliphatic carboxylic acids is 1. The van der Waals surface area contributed by atoms with Crippen molar-refractivity contribution in [1.29, 1.82) is 0 Å². The SMILES string of the molecule is COc1ccc([C@H](CC(=O)O)C(C)C)cc1. The number of carboxylic acid groups (broad SMARTS) is 1. The summed E-state index contributed by atoms with van der Waals surface area (Å²) in [5.41, 5.74) is 1.05. The highest BCUT2D eigenvalue weighted by Gasteiger charge is 2.19. The largest absolute Gasteiger partial charge is 0.497 e. The molecule has 1 N–H and O–H groups in total. The lowest BCUT2D eigenvalue weighted by Crippen LogP contribution is -2.12. The van der Waals surface area contributed by atoms with E-state index in [0.717, 1.165) is 11.3 Å². The van der Waals surface area contributed by atoms with Crippen molar-refractivity contribution in [2.24, 2.45) is 5.92 Å². The van der Waals surface area contributed by atoms with Gasteiger partial charge in [-0.05, 0) is 29.5 Å². The molecule has 0 saturated heterocycles. The first kappa shape index (κ1) is 12.6. The van der Waals surface area contributed by atoms with Gasteiger partial charge in [-0.2, -0.15) is 0 Å². The van der Waals surface area contributed by atoms with E-state index in [9.17, 15) is 4.79 Å². The summed E-state index contributed by atoms with van der Waals surface area (Å²) >= 11 is 0. The van der Waals surface area contributed by atoms with E-state index >= 15 is 0 Å². The van der Waals surface area contributed by atoms with Crippen LogP contribution in [0.25, 0.3) is 0 Å². The summed E-state index contributed by atoms with van der Waals surface area (Å²) in [5, 5.41) is 8.87. The van der Waals surface area contributed by atoms with Crippen LogP contribution in [0.5, 0.6) is 5.75 Å². The van der Waals surface area contributed by atoms with Gasteiger partial charge in [0.2, 0.25) is 0 Å². The van der Waals surface area contributed by atoms with Gasteiger partial charge >= 0.3 is 5.97 Å². The zero-order valence-electron chi connectivity index (χ0n) is 9.93. The average Bonchev–Trinajstić information content (AvgIpc) is 2.25. The predicted molar refractivity (Wildman–Crippen MR) is 62.8 cm³/mol. The van der Waals surface area contributed by atoms with Crippen LogP contribution in [0.15, 0.2) is 24.3 Å². The molecule has 88 valence electrons. The first-order valence-electron chi connectivity index (χ1n) is 5.40. The molecule has 1 rings (SSSR count). The minimum atomic E-state index is -0.755. The monoisotopic (exact) mass is 222 g/mol. The van der Waals surface area contributed by atoms with Crippen LogP contribution in [-0.2, 0) is 4.79 Å². The highest BCUT2D eigenvalue weighted by Crippen LogP contribution is 2.29. The van der Waals surface area contributed by atoms with E-state index in [4.69, 9.17) is 9.84 Å². The quantitative estimate of drug-likeness (QED) is 0.833. The lowest BCUT2D eigenvalue weighted by Gasteiger charge is -2.19. The number of hydrogen-bond donors (Lipinski definition) is 1. The van der Waals surface area contributed by atoms with E-state index in [0.29, 0.717) is 5.92 Å². The van der Waals surface area contributed by atoms with Crippen molar-refractivity contribution in [2.75, 3.05) is 7.11 Å². The maximum Gasteiger partial charge on any atom is 0.303 e. The Morgan fingerprint density at radius 1 is 1.31 bits per heavy atom. The van der Waals surface area contributed by atoms with E-state index in [1.807, 2.05) is 38.1 Å². The second-order valence-corrected chi connectivity index (χ2v) is 4.22. The number of benzene rings is 1. The molecule has 16 heavy (non-hydrogen) atoms. The third kappa shape index (κ3) is 3.26. The van der Waals surface area contributed by atoms with Gasteiger partial charge in [0.05, 0.1) is 13.5 Å². The molecule has 0 aliphatic heterocycles. The topological polar surface area (TPSA) is 46.5 Å². The Morgan fingerprint density at radius 3 is 2.25 bits per heavy atom. The van der Waals surface area contributed by atoms with Crippen LogP contribution < -0.4 is 4.74 Å². The van der Waals surface area contributed by atoms with Crippen LogP contribution in [0, 0.1) is 5.92 Å². The van der Waals surface area contributed by atoms with Gasteiger partial charge in [0.25, 0.3) is 0 Å². The third-order valence-corrected chi connectivity index (χ3v) is 2.74. The van der Waals surface area contributed by atoms with Crippen molar-refractivity contribution in [1.82, 2.24) is 0 Å². The molecule has 3 heteroatoms. The zero-order valence-corrected chi connectivity index (χ0v) is 9.93. The second kappa shape index (κ2) is 5.54. The summed E-state index contributed by atoms with van der Waals surface area (Å²) in [5.74, 6) is 0.406. The van der Waals surface area contributed by atoms with Gasteiger partial charge in [0.1, 0.15) is 5.75 Å².